The highest BCUT2D eigenvalue weighted by molar-refractivity contribution is 5.68. The molecule has 1 rings (SSSR count). The summed E-state index contributed by atoms with van der Waals surface area (Å²) in [7, 11) is 0. The van der Waals surface area contributed by atoms with Crippen molar-refractivity contribution in [1.82, 2.24) is 4.90 Å². The summed E-state index contributed by atoms with van der Waals surface area (Å²) in [6, 6.07) is 0. The van der Waals surface area contributed by atoms with Crippen molar-refractivity contribution in [2.24, 2.45) is 0 Å². The van der Waals surface area contributed by atoms with Crippen LogP contribution in [0.5, 0.6) is 0 Å². The highest BCUT2D eigenvalue weighted by atomic mass is 16.6. The van der Waals surface area contributed by atoms with Crippen molar-refractivity contribution in [1.29, 1.82) is 0 Å². The molecule has 0 radical (unpaired) electrons. The largest absolute Gasteiger partial charge is 0.444 e. The van der Waals surface area contributed by atoms with E-state index in [4.69, 9.17) is 9.84 Å². The molecule has 0 aromatic rings. The summed E-state index contributed by atoms with van der Waals surface area (Å²) in [6.07, 6.45) is -1.55. The lowest BCUT2D eigenvalue weighted by atomic mass is 9.90. The van der Waals surface area contributed by atoms with Crippen LogP contribution in [0.25, 0.3) is 0 Å². The number of hydrogen-bond donors (Lipinski definition) is 3. The first-order valence-corrected chi connectivity index (χ1v) is 5.67. The number of amides is 1. The number of carbonyl (C=O) groups excluding carboxylic acids is 1. The number of ether oxygens (including phenoxy) is 1. The quantitative estimate of drug-likeness (QED) is 0.592. The minimum atomic E-state index is -1.52. The summed E-state index contributed by atoms with van der Waals surface area (Å²) in [4.78, 5) is 13.0. The van der Waals surface area contributed by atoms with Crippen LogP contribution in [0, 0.1) is 0 Å². The van der Waals surface area contributed by atoms with Crippen molar-refractivity contribution >= 4 is 6.09 Å². The number of carbonyl (C=O) groups is 1. The number of rotatable bonds is 1. The number of hydrogen-bond acceptors (Lipinski definition) is 5. The van der Waals surface area contributed by atoms with Gasteiger partial charge in [-0.25, -0.2) is 4.79 Å². The van der Waals surface area contributed by atoms with Gasteiger partial charge in [-0.15, -0.1) is 0 Å². The van der Waals surface area contributed by atoms with Gasteiger partial charge in [0.05, 0.1) is 13.2 Å². The van der Waals surface area contributed by atoms with Crippen molar-refractivity contribution in [3.8, 4) is 0 Å². The minimum absolute atomic E-state index is 0.0357. The fourth-order valence-corrected chi connectivity index (χ4v) is 1.64. The molecule has 0 saturated carbocycles. The van der Waals surface area contributed by atoms with Gasteiger partial charge in [0.1, 0.15) is 17.3 Å². The molecule has 1 aliphatic rings. The van der Waals surface area contributed by atoms with Crippen LogP contribution < -0.4 is 0 Å². The summed E-state index contributed by atoms with van der Waals surface area (Å²) in [6.45, 7) is 4.98. The Kier molecular flexibility index (Phi) is 4.01. The second kappa shape index (κ2) is 4.80. The van der Waals surface area contributed by atoms with Crippen molar-refractivity contribution in [2.45, 2.75) is 44.5 Å². The van der Waals surface area contributed by atoms with Gasteiger partial charge in [0.15, 0.2) is 0 Å². The van der Waals surface area contributed by atoms with Crippen LogP contribution in [0.4, 0.5) is 4.79 Å². The van der Waals surface area contributed by atoms with Crippen LogP contribution in [0.15, 0.2) is 0 Å². The maximum Gasteiger partial charge on any atom is 0.410 e. The molecule has 1 amide bonds. The molecule has 0 aromatic carbocycles. The first-order chi connectivity index (χ1) is 7.68. The Labute approximate surface area is 101 Å². The van der Waals surface area contributed by atoms with Crippen LogP contribution in [0.2, 0.25) is 0 Å². The van der Waals surface area contributed by atoms with Crippen molar-refractivity contribution in [3.63, 3.8) is 0 Å². The molecule has 0 spiro atoms. The van der Waals surface area contributed by atoms with Crippen LogP contribution in [0.3, 0.4) is 0 Å². The molecule has 1 fully saturated rings. The van der Waals surface area contributed by atoms with E-state index in [-0.39, 0.29) is 19.5 Å². The Bertz CT molecular complexity index is 288. The van der Waals surface area contributed by atoms with E-state index in [1.165, 1.54) is 4.90 Å². The normalized spacial score (nSPS) is 30.2. The molecule has 0 aliphatic carbocycles. The summed E-state index contributed by atoms with van der Waals surface area (Å²) < 4.78 is 5.16. The molecule has 2 atom stereocenters. The van der Waals surface area contributed by atoms with E-state index in [9.17, 15) is 15.0 Å². The van der Waals surface area contributed by atoms with Crippen LogP contribution in [-0.2, 0) is 4.74 Å². The number of aliphatic hydroxyl groups excluding tert-OH is 2. The van der Waals surface area contributed by atoms with Crippen molar-refractivity contribution in [3.05, 3.63) is 0 Å². The fraction of sp³-hybridized carbons (Fsp3) is 0.909. The molecular weight excluding hydrogens is 226 g/mol. The van der Waals surface area contributed by atoms with Gasteiger partial charge in [0.2, 0.25) is 0 Å². The smallest absolute Gasteiger partial charge is 0.410 e. The summed E-state index contributed by atoms with van der Waals surface area (Å²) in [5, 5.41) is 28.5. The highest BCUT2D eigenvalue weighted by Gasteiger charge is 2.42. The predicted molar refractivity (Wildman–Crippen MR) is 60.5 cm³/mol. The van der Waals surface area contributed by atoms with E-state index in [1.54, 1.807) is 20.8 Å². The third kappa shape index (κ3) is 3.55. The van der Waals surface area contributed by atoms with Crippen molar-refractivity contribution in [2.75, 3.05) is 19.7 Å². The Hall–Kier alpha value is -0.850. The van der Waals surface area contributed by atoms with E-state index in [0.29, 0.717) is 0 Å². The van der Waals surface area contributed by atoms with Gasteiger partial charge in [0.25, 0.3) is 0 Å². The molecule has 1 aliphatic heterocycles. The molecule has 1 saturated heterocycles. The van der Waals surface area contributed by atoms with Gasteiger partial charge in [-0.1, -0.05) is 0 Å². The molecule has 3 N–H and O–H groups in total. The van der Waals surface area contributed by atoms with E-state index in [0.717, 1.165) is 0 Å². The monoisotopic (exact) mass is 247 g/mol. The number of piperidine rings is 1. The minimum Gasteiger partial charge on any atom is -0.444 e. The lowest BCUT2D eigenvalue weighted by Gasteiger charge is -2.41. The van der Waals surface area contributed by atoms with Crippen molar-refractivity contribution < 1.29 is 24.9 Å². The average Bonchev–Trinajstić information content (AvgIpc) is 2.19. The molecule has 17 heavy (non-hydrogen) atoms. The molecule has 6 nitrogen and oxygen atoms in total. The van der Waals surface area contributed by atoms with Crippen LogP contribution in [-0.4, -0.2) is 63.3 Å². The summed E-state index contributed by atoms with van der Waals surface area (Å²) in [5.74, 6) is 0. The molecule has 1 heterocycles. The number of nitrogens with zero attached hydrogens (tertiary/aromatic N) is 1. The highest BCUT2D eigenvalue weighted by Crippen LogP contribution is 2.23. The Morgan fingerprint density at radius 3 is 2.53 bits per heavy atom. The van der Waals surface area contributed by atoms with E-state index < -0.39 is 30.0 Å². The number of β-amino-alcohol motifs (C(OH)–C–C–N with tert-alkyl or cyclic N) is 1. The van der Waals surface area contributed by atoms with Gasteiger partial charge in [-0.05, 0) is 27.2 Å². The van der Waals surface area contributed by atoms with E-state index >= 15 is 0 Å². The lowest BCUT2D eigenvalue weighted by molar-refractivity contribution is -0.139. The van der Waals surface area contributed by atoms with Gasteiger partial charge in [0, 0.05) is 6.54 Å². The second-order valence-corrected chi connectivity index (χ2v) is 5.45. The van der Waals surface area contributed by atoms with E-state index in [2.05, 4.69) is 0 Å². The van der Waals surface area contributed by atoms with Gasteiger partial charge >= 0.3 is 6.09 Å². The number of likely N-dealkylation sites (tertiary alicyclic amines) is 1. The molecule has 100 valence electrons. The van der Waals surface area contributed by atoms with Gasteiger partial charge in [-0.2, -0.15) is 0 Å². The maximum absolute atomic E-state index is 11.7. The molecule has 6 heteroatoms. The Balaban J connectivity index is 2.58. The first kappa shape index (κ1) is 14.2. The Morgan fingerprint density at radius 2 is 2.12 bits per heavy atom. The maximum atomic E-state index is 11.7. The zero-order valence-corrected chi connectivity index (χ0v) is 10.5. The average molecular weight is 247 g/mol. The number of aliphatic hydroxyl groups is 3. The second-order valence-electron chi connectivity index (χ2n) is 5.45. The van der Waals surface area contributed by atoms with Gasteiger partial charge in [-0.3, -0.25) is 0 Å². The SMILES string of the molecule is CC(C)(C)OC(=O)N1CC[C@@](O)(CO)[C@H](O)C1. The molecule has 0 bridgehead atoms. The lowest BCUT2D eigenvalue weighted by Crippen LogP contribution is -2.59. The predicted octanol–water partition coefficient (Wildman–Crippen LogP) is -0.289. The molecular formula is C11H21NO5. The van der Waals surface area contributed by atoms with Crippen LogP contribution >= 0.6 is 0 Å². The fourth-order valence-electron chi connectivity index (χ4n) is 1.64. The third-order valence-corrected chi connectivity index (χ3v) is 2.75. The van der Waals surface area contributed by atoms with Crippen LogP contribution in [0.1, 0.15) is 27.2 Å². The molecule has 0 aromatic heterocycles. The summed E-state index contributed by atoms with van der Waals surface area (Å²) >= 11 is 0. The summed E-state index contributed by atoms with van der Waals surface area (Å²) in [5.41, 5.74) is -2.11. The third-order valence-electron chi connectivity index (χ3n) is 2.75. The molecule has 0 unspecified atom stereocenters. The van der Waals surface area contributed by atoms with E-state index in [1.807, 2.05) is 0 Å². The standard InChI is InChI=1S/C11H21NO5/c1-10(2,3)17-9(15)12-5-4-11(16,7-13)8(14)6-12/h8,13-14,16H,4-7H2,1-3H3/t8-,11-/m1/s1. The topological polar surface area (TPSA) is 90.2 Å². The zero-order chi connectivity index (χ0) is 13.3. The zero-order valence-electron chi connectivity index (χ0n) is 10.5. The van der Waals surface area contributed by atoms with Gasteiger partial charge < -0.3 is 25.0 Å². The Morgan fingerprint density at radius 1 is 1.53 bits per heavy atom. The first-order valence-electron chi connectivity index (χ1n) is 5.67.